The molecule has 0 bridgehead atoms. The van der Waals surface area contributed by atoms with Gasteiger partial charge >= 0.3 is 0 Å². The average Bonchev–Trinajstić information content (AvgIpc) is 2.73. The topological polar surface area (TPSA) is 36.3 Å². The highest BCUT2D eigenvalue weighted by Gasteiger charge is 2.09. The maximum Gasteiger partial charge on any atom is 0.135 e. The van der Waals surface area contributed by atoms with Gasteiger partial charge in [-0.3, -0.25) is 0 Å². The van der Waals surface area contributed by atoms with Crippen LogP contribution in [0.3, 0.4) is 0 Å². The van der Waals surface area contributed by atoms with Crippen LogP contribution in [0.25, 0.3) is 11.0 Å². The Balaban J connectivity index is 2.19. The molecule has 1 heterocycles. The van der Waals surface area contributed by atoms with Crippen molar-refractivity contribution in [2.24, 2.45) is 0 Å². The summed E-state index contributed by atoms with van der Waals surface area (Å²) in [6.07, 6.45) is 0.991. The fraction of sp³-hybridized carbons (Fsp3) is 0.500. The summed E-state index contributed by atoms with van der Waals surface area (Å²) in [6, 6.07) is 8.19. The molecule has 0 radical (unpaired) electrons. The zero-order valence-corrected chi connectivity index (χ0v) is 11.1. The third-order valence-corrected chi connectivity index (χ3v) is 2.88. The van der Waals surface area contributed by atoms with Crippen molar-refractivity contribution in [1.29, 1.82) is 0 Å². The maximum absolute atomic E-state index is 5.38. The third-order valence-electron chi connectivity index (χ3n) is 2.88. The number of benzene rings is 1. The smallest absolute Gasteiger partial charge is 0.135 e. The summed E-state index contributed by atoms with van der Waals surface area (Å²) in [7, 11) is 1.70. The monoisotopic (exact) mass is 248 g/mol. The normalized spacial score (nSPS) is 11.2. The Bertz CT molecular complexity index is 493. The highest BCUT2D eigenvalue weighted by atomic mass is 16.5. The SMILES string of the molecule is CCOCCCn1c(COC)nc2ccccc21. The van der Waals surface area contributed by atoms with E-state index in [1.54, 1.807) is 7.11 Å². The van der Waals surface area contributed by atoms with E-state index in [1.807, 2.05) is 25.1 Å². The largest absolute Gasteiger partial charge is 0.382 e. The van der Waals surface area contributed by atoms with Gasteiger partial charge in [0, 0.05) is 26.9 Å². The van der Waals surface area contributed by atoms with Gasteiger partial charge < -0.3 is 14.0 Å². The molecule has 0 saturated heterocycles. The number of hydrogen-bond donors (Lipinski definition) is 0. The zero-order valence-electron chi connectivity index (χ0n) is 11.1. The first-order chi connectivity index (χ1) is 8.86. The van der Waals surface area contributed by atoms with Gasteiger partial charge in [-0.05, 0) is 25.5 Å². The lowest BCUT2D eigenvalue weighted by Gasteiger charge is -2.08. The third kappa shape index (κ3) is 2.89. The molecule has 1 aromatic carbocycles. The molecule has 2 aromatic rings. The second-order valence-electron chi connectivity index (χ2n) is 4.15. The van der Waals surface area contributed by atoms with Gasteiger partial charge in [0.2, 0.25) is 0 Å². The number of fused-ring (bicyclic) bond motifs is 1. The predicted molar refractivity (Wildman–Crippen MR) is 71.6 cm³/mol. The van der Waals surface area contributed by atoms with Gasteiger partial charge in [-0.1, -0.05) is 12.1 Å². The number of hydrogen-bond acceptors (Lipinski definition) is 3. The number of rotatable bonds is 7. The Hall–Kier alpha value is -1.39. The summed E-state index contributed by atoms with van der Waals surface area (Å²) in [5.41, 5.74) is 2.20. The lowest BCUT2D eigenvalue weighted by atomic mass is 10.3. The number of nitrogens with zero attached hydrogens (tertiary/aromatic N) is 2. The van der Waals surface area contributed by atoms with E-state index in [4.69, 9.17) is 9.47 Å². The second-order valence-corrected chi connectivity index (χ2v) is 4.15. The van der Waals surface area contributed by atoms with Gasteiger partial charge in [-0.2, -0.15) is 0 Å². The zero-order chi connectivity index (χ0) is 12.8. The second kappa shape index (κ2) is 6.52. The van der Waals surface area contributed by atoms with Crippen LogP contribution < -0.4 is 0 Å². The van der Waals surface area contributed by atoms with E-state index >= 15 is 0 Å². The molecule has 0 aliphatic rings. The number of methoxy groups -OCH3 is 1. The molecule has 98 valence electrons. The Morgan fingerprint density at radius 1 is 1.28 bits per heavy atom. The van der Waals surface area contributed by atoms with Crippen molar-refractivity contribution < 1.29 is 9.47 Å². The van der Waals surface area contributed by atoms with Crippen molar-refractivity contribution in [3.8, 4) is 0 Å². The molecule has 0 spiro atoms. The van der Waals surface area contributed by atoms with Gasteiger partial charge in [0.05, 0.1) is 11.0 Å². The van der Waals surface area contributed by atoms with Crippen LogP contribution in [-0.2, 0) is 22.6 Å². The standard InChI is InChI=1S/C14H20N2O2/c1-3-18-10-6-9-16-13-8-5-4-7-12(13)15-14(16)11-17-2/h4-5,7-8H,3,6,9-11H2,1-2H3. The molecule has 0 amide bonds. The first-order valence-electron chi connectivity index (χ1n) is 6.37. The van der Waals surface area contributed by atoms with E-state index in [9.17, 15) is 0 Å². The molecule has 0 aliphatic heterocycles. The van der Waals surface area contributed by atoms with E-state index in [1.165, 1.54) is 5.52 Å². The fourth-order valence-electron chi connectivity index (χ4n) is 2.08. The molecule has 1 aromatic heterocycles. The number of para-hydroxylation sites is 2. The molecule has 2 rings (SSSR count). The summed E-state index contributed by atoms with van der Waals surface area (Å²) in [4.78, 5) is 4.60. The number of aryl methyl sites for hydroxylation is 1. The van der Waals surface area contributed by atoms with Crippen molar-refractivity contribution in [2.45, 2.75) is 26.5 Å². The van der Waals surface area contributed by atoms with Crippen LogP contribution in [-0.4, -0.2) is 29.9 Å². The van der Waals surface area contributed by atoms with Crippen LogP contribution in [0.4, 0.5) is 0 Å². The highest BCUT2D eigenvalue weighted by Crippen LogP contribution is 2.17. The maximum atomic E-state index is 5.38. The fourth-order valence-corrected chi connectivity index (χ4v) is 2.08. The molecule has 0 aliphatic carbocycles. The van der Waals surface area contributed by atoms with Gasteiger partial charge in [0.25, 0.3) is 0 Å². The molecule has 0 saturated carbocycles. The van der Waals surface area contributed by atoms with Gasteiger partial charge in [-0.25, -0.2) is 4.98 Å². The number of aromatic nitrogens is 2. The van der Waals surface area contributed by atoms with Gasteiger partial charge in [0.1, 0.15) is 12.4 Å². The Morgan fingerprint density at radius 2 is 2.11 bits per heavy atom. The molecule has 4 nitrogen and oxygen atoms in total. The van der Waals surface area contributed by atoms with Crippen molar-refractivity contribution in [3.05, 3.63) is 30.1 Å². The molecule has 0 atom stereocenters. The Morgan fingerprint density at radius 3 is 2.89 bits per heavy atom. The minimum Gasteiger partial charge on any atom is -0.382 e. The lowest BCUT2D eigenvalue weighted by Crippen LogP contribution is -2.07. The summed E-state index contributed by atoms with van der Waals surface area (Å²) in [5.74, 6) is 0.982. The van der Waals surface area contributed by atoms with Crippen molar-refractivity contribution in [3.63, 3.8) is 0 Å². The first-order valence-corrected chi connectivity index (χ1v) is 6.37. The van der Waals surface area contributed by atoms with E-state index < -0.39 is 0 Å². The highest BCUT2D eigenvalue weighted by molar-refractivity contribution is 5.75. The number of ether oxygens (including phenoxy) is 2. The van der Waals surface area contributed by atoms with Crippen molar-refractivity contribution in [2.75, 3.05) is 20.3 Å². The molecular formula is C14H20N2O2. The van der Waals surface area contributed by atoms with Crippen LogP contribution in [0.2, 0.25) is 0 Å². The molecule has 0 unspecified atom stereocenters. The van der Waals surface area contributed by atoms with E-state index in [2.05, 4.69) is 15.6 Å². The minimum atomic E-state index is 0.545. The van der Waals surface area contributed by atoms with Crippen molar-refractivity contribution in [1.82, 2.24) is 9.55 Å². The van der Waals surface area contributed by atoms with Crippen LogP contribution >= 0.6 is 0 Å². The molecule has 0 fully saturated rings. The van der Waals surface area contributed by atoms with E-state index in [0.29, 0.717) is 6.61 Å². The van der Waals surface area contributed by atoms with Crippen LogP contribution in [0.5, 0.6) is 0 Å². The Kier molecular flexibility index (Phi) is 4.73. The van der Waals surface area contributed by atoms with E-state index in [0.717, 1.165) is 37.5 Å². The van der Waals surface area contributed by atoms with Crippen LogP contribution in [0.15, 0.2) is 24.3 Å². The number of imidazole rings is 1. The first kappa shape index (κ1) is 13.1. The summed E-state index contributed by atoms with van der Waals surface area (Å²) in [6.45, 7) is 5.04. The van der Waals surface area contributed by atoms with Crippen LogP contribution in [0, 0.1) is 0 Å². The Labute approximate surface area is 108 Å². The quantitative estimate of drug-likeness (QED) is 0.707. The summed E-state index contributed by atoms with van der Waals surface area (Å²) < 4.78 is 12.8. The average molecular weight is 248 g/mol. The molecule has 0 N–H and O–H groups in total. The van der Waals surface area contributed by atoms with E-state index in [-0.39, 0.29) is 0 Å². The minimum absolute atomic E-state index is 0.545. The molecular weight excluding hydrogens is 228 g/mol. The summed E-state index contributed by atoms with van der Waals surface area (Å²) in [5, 5.41) is 0. The molecule has 4 heteroatoms. The van der Waals surface area contributed by atoms with Gasteiger partial charge in [0.15, 0.2) is 0 Å². The predicted octanol–water partition coefficient (Wildman–Crippen LogP) is 2.61. The van der Waals surface area contributed by atoms with Crippen molar-refractivity contribution >= 4 is 11.0 Å². The summed E-state index contributed by atoms with van der Waals surface area (Å²) >= 11 is 0. The van der Waals surface area contributed by atoms with Gasteiger partial charge in [-0.15, -0.1) is 0 Å². The van der Waals surface area contributed by atoms with Crippen LogP contribution in [0.1, 0.15) is 19.2 Å². The lowest BCUT2D eigenvalue weighted by molar-refractivity contribution is 0.140. The molecule has 18 heavy (non-hydrogen) atoms.